The first-order valence-electron chi connectivity index (χ1n) is 7.23. The Bertz CT molecular complexity index is 485. The maximum absolute atomic E-state index is 12.5. The van der Waals surface area contributed by atoms with Crippen LogP contribution >= 0.6 is 0 Å². The third-order valence-electron chi connectivity index (χ3n) is 3.82. The molecule has 1 aromatic rings. The summed E-state index contributed by atoms with van der Waals surface area (Å²) in [6, 6.07) is 9.22. The van der Waals surface area contributed by atoms with E-state index in [0.717, 1.165) is 5.56 Å². The lowest BCUT2D eigenvalue weighted by atomic mass is 9.97. The molecule has 0 spiro atoms. The summed E-state index contributed by atoms with van der Waals surface area (Å²) in [5.41, 5.74) is 6.56. The van der Waals surface area contributed by atoms with Gasteiger partial charge >= 0.3 is 6.18 Å². The third kappa shape index (κ3) is 4.45. The first-order valence-corrected chi connectivity index (χ1v) is 7.23. The zero-order valence-electron chi connectivity index (χ0n) is 12.2. The molecule has 4 nitrogen and oxygen atoms in total. The zero-order chi connectivity index (χ0) is 16.2. The van der Waals surface area contributed by atoms with Crippen LogP contribution in [0.3, 0.4) is 0 Å². The molecule has 1 saturated heterocycles. The van der Waals surface area contributed by atoms with Crippen LogP contribution in [-0.4, -0.2) is 61.2 Å². The number of piperazine rings is 1. The van der Waals surface area contributed by atoms with Gasteiger partial charge in [-0.2, -0.15) is 13.2 Å². The van der Waals surface area contributed by atoms with Crippen LogP contribution in [0.1, 0.15) is 11.5 Å². The average Bonchev–Trinajstić information content (AvgIpc) is 2.48. The Morgan fingerprint density at radius 3 is 2.23 bits per heavy atom. The summed E-state index contributed by atoms with van der Waals surface area (Å²) in [5, 5.41) is 0. The monoisotopic (exact) mass is 315 g/mol. The fourth-order valence-electron chi connectivity index (χ4n) is 2.67. The Morgan fingerprint density at radius 2 is 1.73 bits per heavy atom. The molecule has 1 aliphatic heterocycles. The van der Waals surface area contributed by atoms with E-state index in [-0.39, 0.29) is 25.5 Å². The molecule has 7 heteroatoms. The second-order valence-corrected chi connectivity index (χ2v) is 5.42. The van der Waals surface area contributed by atoms with Crippen LogP contribution in [0.5, 0.6) is 0 Å². The van der Waals surface area contributed by atoms with Gasteiger partial charge in [-0.05, 0) is 5.56 Å². The Labute approximate surface area is 127 Å². The summed E-state index contributed by atoms with van der Waals surface area (Å²) < 4.78 is 37.1. The lowest BCUT2D eigenvalue weighted by Crippen LogP contribution is -2.52. The number of rotatable bonds is 4. The van der Waals surface area contributed by atoms with Crippen molar-refractivity contribution in [2.24, 2.45) is 5.73 Å². The number of carbonyl (C=O) groups excluding carboxylic acids is 1. The van der Waals surface area contributed by atoms with E-state index in [1.807, 2.05) is 30.3 Å². The number of nitrogens with two attached hydrogens (primary N) is 1. The van der Waals surface area contributed by atoms with Gasteiger partial charge in [-0.15, -0.1) is 0 Å². The predicted molar refractivity (Wildman–Crippen MR) is 77.3 cm³/mol. The molecule has 22 heavy (non-hydrogen) atoms. The zero-order valence-corrected chi connectivity index (χ0v) is 12.2. The number of hydrogen-bond acceptors (Lipinski definition) is 3. The summed E-state index contributed by atoms with van der Waals surface area (Å²) in [6.45, 7) is 0.338. The Morgan fingerprint density at radius 1 is 1.14 bits per heavy atom. The van der Waals surface area contributed by atoms with Crippen molar-refractivity contribution in [2.45, 2.75) is 12.1 Å². The SMILES string of the molecule is NCC(C(=O)N1CCN(CC(F)(F)F)CC1)c1ccccc1. The molecular weight excluding hydrogens is 295 g/mol. The molecule has 0 aromatic heterocycles. The molecule has 2 N–H and O–H groups in total. The predicted octanol–water partition coefficient (Wildman–Crippen LogP) is 1.44. The van der Waals surface area contributed by atoms with Crippen molar-refractivity contribution in [3.8, 4) is 0 Å². The largest absolute Gasteiger partial charge is 0.401 e. The highest BCUT2D eigenvalue weighted by atomic mass is 19.4. The number of benzene rings is 1. The van der Waals surface area contributed by atoms with E-state index in [1.165, 1.54) is 4.90 Å². The molecule has 0 bridgehead atoms. The second-order valence-electron chi connectivity index (χ2n) is 5.42. The third-order valence-corrected chi connectivity index (χ3v) is 3.82. The maximum Gasteiger partial charge on any atom is 0.401 e. The van der Waals surface area contributed by atoms with Crippen LogP contribution < -0.4 is 5.73 Å². The lowest BCUT2D eigenvalue weighted by molar-refractivity contribution is -0.152. The van der Waals surface area contributed by atoms with E-state index < -0.39 is 18.6 Å². The first-order chi connectivity index (χ1) is 10.4. The van der Waals surface area contributed by atoms with Gasteiger partial charge in [0, 0.05) is 32.7 Å². The molecular formula is C15H20F3N3O. The molecule has 1 aromatic carbocycles. The lowest BCUT2D eigenvalue weighted by Gasteiger charge is -2.36. The van der Waals surface area contributed by atoms with Gasteiger partial charge in [0.05, 0.1) is 12.5 Å². The van der Waals surface area contributed by atoms with Gasteiger partial charge in [0.1, 0.15) is 0 Å². The molecule has 0 saturated carbocycles. The molecule has 0 aliphatic carbocycles. The Balaban J connectivity index is 1.94. The van der Waals surface area contributed by atoms with Crippen LogP contribution in [0.4, 0.5) is 13.2 Å². The average molecular weight is 315 g/mol. The van der Waals surface area contributed by atoms with Crippen molar-refractivity contribution in [3.05, 3.63) is 35.9 Å². The van der Waals surface area contributed by atoms with Gasteiger partial charge in [0.2, 0.25) is 5.91 Å². The smallest absolute Gasteiger partial charge is 0.340 e. The molecule has 122 valence electrons. The summed E-state index contributed by atoms with van der Waals surface area (Å²) in [6.07, 6.45) is -4.20. The minimum atomic E-state index is -4.20. The molecule has 1 heterocycles. The van der Waals surface area contributed by atoms with E-state index in [0.29, 0.717) is 13.1 Å². The molecule has 2 rings (SSSR count). The molecule has 1 atom stereocenters. The normalized spacial score (nSPS) is 18.3. The van der Waals surface area contributed by atoms with Crippen molar-refractivity contribution < 1.29 is 18.0 Å². The van der Waals surface area contributed by atoms with Gasteiger partial charge in [0.25, 0.3) is 0 Å². The van der Waals surface area contributed by atoms with Crippen LogP contribution in [0.15, 0.2) is 30.3 Å². The maximum atomic E-state index is 12.5. The highest BCUT2D eigenvalue weighted by Crippen LogP contribution is 2.20. The van der Waals surface area contributed by atoms with Gasteiger partial charge in [-0.25, -0.2) is 0 Å². The van der Waals surface area contributed by atoms with Crippen LogP contribution in [0.2, 0.25) is 0 Å². The topological polar surface area (TPSA) is 49.6 Å². The van der Waals surface area contributed by atoms with Crippen molar-refractivity contribution in [1.82, 2.24) is 9.80 Å². The Kier molecular flexibility index (Phi) is 5.42. The van der Waals surface area contributed by atoms with Crippen LogP contribution in [-0.2, 0) is 4.79 Å². The molecule has 1 amide bonds. The fourth-order valence-corrected chi connectivity index (χ4v) is 2.67. The molecule has 0 radical (unpaired) electrons. The minimum absolute atomic E-state index is 0.111. The number of carbonyl (C=O) groups is 1. The molecule has 1 unspecified atom stereocenters. The summed E-state index contributed by atoms with van der Waals surface area (Å²) in [7, 11) is 0. The highest BCUT2D eigenvalue weighted by Gasteiger charge is 2.34. The Hall–Kier alpha value is -1.60. The van der Waals surface area contributed by atoms with Crippen LogP contribution in [0.25, 0.3) is 0 Å². The first kappa shape index (κ1) is 16.8. The number of hydrogen-bond donors (Lipinski definition) is 1. The number of halogens is 3. The molecule has 1 aliphatic rings. The van der Waals surface area contributed by atoms with E-state index in [2.05, 4.69) is 0 Å². The number of alkyl halides is 3. The standard InChI is InChI=1S/C15H20F3N3O/c16-15(17,18)11-20-6-8-21(9-7-20)14(22)13(10-19)12-4-2-1-3-5-12/h1-5,13H,6-11,19H2. The summed E-state index contributed by atoms with van der Waals surface area (Å²) in [4.78, 5) is 15.5. The number of amides is 1. The van der Waals surface area contributed by atoms with E-state index in [1.54, 1.807) is 4.90 Å². The number of nitrogens with zero attached hydrogens (tertiary/aromatic N) is 2. The van der Waals surface area contributed by atoms with Gasteiger partial charge in [-0.3, -0.25) is 9.69 Å². The fraction of sp³-hybridized carbons (Fsp3) is 0.533. The minimum Gasteiger partial charge on any atom is -0.340 e. The highest BCUT2D eigenvalue weighted by molar-refractivity contribution is 5.84. The summed E-state index contributed by atoms with van der Waals surface area (Å²) in [5.74, 6) is -0.546. The quantitative estimate of drug-likeness (QED) is 0.914. The van der Waals surface area contributed by atoms with E-state index >= 15 is 0 Å². The van der Waals surface area contributed by atoms with Gasteiger partial charge in [-0.1, -0.05) is 30.3 Å². The van der Waals surface area contributed by atoms with E-state index in [9.17, 15) is 18.0 Å². The van der Waals surface area contributed by atoms with Gasteiger partial charge < -0.3 is 10.6 Å². The van der Waals surface area contributed by atoms with E-state index in [4.69, 9.17) is 5.73 Å². The van der Waals surface area contributed by atoms with Crippen molar-refractivity contribution in [3.63, 3.8) is 0 Å². The summed E-state index contributed by atoms with van der Waals surface area (Å²) >= 11 is 0. The van der Waals surface area contributed by atoms with Crippen molar-refractivity contribution >= 4 is 5.91 Å². The second kappa shape index (κ2) is 7.11. The van der Waals surface area contributed by atoms with Crippen molar-refractivity contribution in [2.75, 3.05) is 39.3 Å². The molecule has 1 fully saturated rings. The van der Waals surface area contributed by atoms with Crippen LogP contribution in [0, 0.1) is 0 Å². The van der Waals surface area contributed by atoms with Crippen molar-refractivity contribution in [1.29, 1.82) is 0 Å². The van der Waals surface area contributed by atoms with Gasteiger partial charge in [0.15, 0.2) is 0 Å².